The van der Waals surface area contributed by atoms with E-state index in [0.29, 0.717) is 12.5 Å². The molecule has 2 heterocycles. The fourth-order valence-electron chi connectivity index (χ4n) is 2.80. The Morgan fingerprint density at radius 2 is 2.00 bits per heavy atom. The molecule has 0 aliphatic rings. The maximum atomic E-state index is 11.9. The number of para-hydroxylation sites is 1. The molecule has 0 spiro atoms. The van der Waals surface area contributed by atoms with Gasteiger partial charge in [-0.25, -0.2) is 4.99 Å². The SMILES string of the molecule is CCNC(=NCC(=O)NCc1ccco1)NCCc1c[nH]c2ccccc12.I. The number of amides is 1. The van der Waals surface area contributed by atoms with Crippen LogP contribution in [0, 0.1) is 0 Å². The number of halogens is 1. The Morgan fingerprint density at radius 3 is 2.79 bits per heavy atom. The van der Waals surface area contributed by atoms with Gasteiger partial charge in [-0.2, -0.15) is 0 Å². The summed E-state index contributed by atoms with van der Waals surface area (Å²) in [5.74, 6) is 1.20. The van der Waals surface area contributed by atoms with Crippen LogP contribution in [0.4, 0.5) is 0 Å². The van der Waals surface area contributed by atoms with Crippen LogP contribution in [0.2, 0.25) is 0 Å². The molecule has 4 N–H and O–H groups in total. The first-order chi connectivity index (χ1) is 13.3. The zero-order valence-electron chi connectivity index (χ0n) is 15.8. The van der Waals surface area contributed by atoms with Crippen LogP contribution in [0.3, 0.4) is 0 Å². The highest BCUT2D eigenvalue weighted by Crippen LogP contribution is 2.17. The molecule has 150 valence electrons. The van der Waals surface area contributed by atoms with Crippen molar-refractivity contribution in [3.05, 3.63) is 60.2 Å². The zero-order valence-corrected chi connectivity index (χ0v) is 18.2. The quantitative estimate of drug-likeness (QED) is 0.220. The van der Waals surface area contributed by atoms with Crippen molar-refractivity contribution in [1.29, 1.82) is 0 Å². The van der Waals surface area contributed by atoms with Crippen LogP contribution in [-0.2, 0) is 17.8 Å². The van der Waals surface area contributed by atoms with Crippen molar-refractivity contribution in [2.75, 3.05) is 19.6 Å². The number of carbonyl (C=O) groups is 1. The number of furan rings is 1. The summed E-state index contributed by atoms with van der Waals surface area (Å²) in [6.07, 6.45) is 4.48. The third kappa shape index (κ3) is 6.29. The van der Waals surface area contributed by atoms with E-state index in [9.17, 15) is 4.79 Å². The number of aliphatic imine (C=N–C) groups is 1. The van der Waals surface area contributed by atoms with Crippen LogP contribution < -0.4 is 16.0 Å². The smallest absolute Gasteiger partial charge is 0.242 e. The third-order valence-electron chi connectivity index (χ3n) is 4.13. The maximum Gasteiger partial charge on any atom is 0.242 e. The van der Waals surface area contributed by atoms with Crippen LogP contribution in [0.5, 0.6) is 0 Å². The molecule has 7 nitrogen and oxygen atoms in total. The standard InChI is InChI=1S/C20H25N5O2.HI/c1-2-21-20(25-14-19(26)24-13-16-6-5-11-27-16)22-10-9-15-12-23-18-8-4-3-7-17(15)18;/h3-8,11-12,23H,2,9-10,13-14H2,1H3,(H,24,26)(H2,21,22,25);1H. The molecular weight excluding hydrogens is 469 g/mol. The number of nitrogens with one attached hydrogen (secondary N) is 4. The van der Waals surface area contributed by atoms with Crippen molar-refractivity contribution in [3.63, 3.8) is 0 Å². The minimum Gasteiger partial charge on any atom is -0.467 e. The van der Waals surface area contributed by atoms with E-state index in [1.54, 1.807) is 12.3 Å². The molecule has 0 fully saturated rings. The van der Waals surface area contributed by atoms with Gasteiger partial charge < -0.3 is 25.4 Å². The van der Waals surface area contributed by atoms with E-state index in [1.807, 2.05) is 31.3 Å². The van der Waals surface area contributed by atoms with Crippen molar-refractivity contribution in [1.82, 2.24) is 20.9 Å². The molecule has 0 aliphatic carbocycles. The van der Waals surface area contributed by atoms with Gasteiger partial charge >= 0.3 is 0 Å². The summed E-state index contributed by atoms with van der Waals surface area (Å²) in [6, 6.07) is 11.9. The average Bonchev–Trinajstić information content (AvgIpc) is 3.34. The first-order valence-electron chi connectivity index (χ1n) is 9.12. The molecule has 0 unspecified atom stereocenters. The second kappa shape index (κ2) is 11.4. The van der Waals surface area contributed by atoms with Gasteiger partial charge in [0.25, 0.3) is 0 Å². The van der Waals surface area contributed by atoms with E-state index >= 15 is 0 Å². The second-order valence-corrected chi connectivity index (χ2v) is 6.09. The van der Waals surface area contributed by atoms with E-state index in [1.165, 1.54) is 10.9 Å². The lowest BCUT2D eigenvalue weighted by Crippen LogP contribution is -2.39. The van der Waals surface area contributed by atoms with Crippen molar-refractivity contribution in [3.8, 4) is 0 Å². The average molecular weight is 495 g/mol. The number of fused-ring (bicyclic) bond motifs is 1. The van der Waals surface area contributed by atoms with Crippen molar-refractivity contribution >= 4 is 46.7 Å². The maximum absolute atomic E-state index is 11.9. The molecule has 0 bridgehead atoms. The minimum absolute atomic E-state index is 0. The summed E-state index contributed by atoms with van der Waals surface area (Å²) >= 11 is 0. The highest BCUT2D eigenvalue weighted by atomic mass is 127. The lowest BCUT2D eigenvalue weighted by atomic mass is 10.1. The highest BCUT2D eigenvalue weighted by molar-refractivity contribution is 14.0. The molecule has 8 heteroatoms. The Bertz CT molecular complexity index is 889. The number of H-pyrrole nitrogens is 1. The van der Waals surface area contributed by atoms with Crippen LogP contribution in [0.1, 0.15) is 18.2 Å². The Balaban J connectivity index is 0.00000280. The number of benzene rings is 1. The zero-order chi connectivity index (χ0) is 18.9. The monoisotopic (exact) mass is 495 g/mol. The summed E-state index contributed by atoms with van der Waals surface area (Å²) in [7, 11) is 0. The fourth-order valence-corrected chi connectivity index (χ4v) is 2.80. The normalized spacial score (nSPS) is 11.1. The lowest BCUT2D eigenvalue weighted by Gasteiger charge is -2.11. The van der Waals surface area contributed by atoms with Crippen molar-refractivity contribution in [2.24, 2.45) is 4.99 Å². The Kier molecular flexibility index (Phi) is 8.86. The van der Waals surface area contributed by atoms with Gasteiger partial charge in [0.2, 0.25) is 5.91 Å². The number of guanidine groups is 1. The summed E-state index contributed by atoms with van der Waals surface area (Å²) in [5, 5.41) is 10.4. The van der Waals surface area contributed by atoms with E-state index in [-0.39, 0.29) is 36.4 Å². The van der Waals surface area contributed by atoms with Crippen LogP contribution in [-0.4, -0.2) is 36.5 Å². The number of rotatable bonds is 8. The highest BCUT2D eigenvalue weighted by Gasteiger charge is 2.05. The summed E-state index contributed by atoms with van der Waals surface area (Å²) in [4.78, 5) is 19.6. The fraction of sp³-hybridized carbons (Fsp3) is 0.300. The van der Waals surface area contributed by atoms with Crippen molar-refractivity contribution in [2.45, 2.75) is 19.9 Å². The third-order valence-corrected chi connectivity index (χ3v) is 4.13. The Morgan fingerprint density at radius 1 is 1.14 bits per heavy atom. The Hall–Kier alpha value is -2.49. The molecule has 1 aromatic carbocycles. The largest absolute Gasteiger partial charge is 0.467 e. The molecule has 28 heavy (non-hydrogen) atoms. The van der Waals surface area contributed by atoms with Gasteiger partial charge in [-0.05, 0) is 37.1 Å². The molecule has 0 saturated heterocycles. The van der Waals surface area contributed by atoms with E-state index in [2.05, 4.69) is 38.1 Å². The van der Waals surface area contributed by atoms with Crippen LogP contribution >= 0.6 is 24.0 Å². The van der Waals surface area contributed by atoms with Crippen molar-refractivity contribution < 1.29 is 9.21 Å². The van der Waals surface area contributed by atoms with Gasteiger partial charge in [0.1, 0.15) is 12.3 Å². The second-order valence-electron chi connectivity index (χ2n) is 6.09. The topological polar surface area (TPSA) is 94.4 Å². The Labute approximate surface area is 181 Å². The van der Waals surface area contributed by atoms with Gasteiger partial charge in [0.15, 0.2) is 5.96 Å². The van der Waals surface area contributed by atoms with Crippen LogP contribution in [0.15, 0.2) is 58.3 Å². The molecule has 1 amide bonds. The number of hydrogen-bond acceptors (Lipinski definition) is 3. The van der Waals surface area contributed by atoms with E-state index in [0.717, 1.165) is 30.8 Å². The predicted molar refractivity (Wildman–Crippen MR) is 122 cm³/mol. The molecule has 3 aromatic rings. The molecule has 0 saturated carbocycles. The molecular formula is C20H26IN5O2. The number of carbonyl (C=O) groups excluding carboxylic acids is 1. The predicted octanol–water partition coefficient (Wildman–Crippen LogP) is 2.79. The number of nitrogens with zero attached hydrogens (tertiary/aromatic N) is 1. The van der Waals surface area contributed by atoms with E-state index in [4.69, 9.17) is 4.42 Å². The summed E-state index contributed by atoms with van der Waals surface area (Å²) < 4.78 is 5.19. The minimum atomic E-state index is -0.153. The number of hydrogen-bond donors (Lipinski definition) is 4. The number of aromatic nitrogens is 1. The molecule has 0 radical (unpaired) electrons. The summed E-state index contributed by atoms with van der Waals surface area (Å²) in [6.45, 7) is 3.87. The number of aromatic amines is 1. The first-order valence-corrected chi connectivity index (χ1v) is 9.12. The van der Waals surface area contributed by atoms with Gasteiger partial charge in [-0.3, -0.25) is 4.79 Å². The van der Waals surface area contributed by atoms with E-state index < -0.39 is 0 Å². The summed E-state index contributed by atoms with van der Waals surface area (Å²) in [5.41, 5.74) is 2.39. The van der Waals surface area contributed by atoms with Gasteiger partial charge in [0, 0.05) is 30.2 Å². The molecule has 2 aromatic heterocycles. The van der Waals surface area contributed by atoms with Gasteiger partial charge in [-0.1, -0.05) is 18.2 Å². The first kappa shape index (κ1) is 21.8. The van der Waals surface area contributed by atoms with Gasteiger partial charge in [0.05, 0.1) is 12.8 Å². The molecule has 0 aliphatic heterocycles. The van der Waals surface area contributed by atoms with Gasteiger partial charge in [-0.15, -0.1) is 24.0 Å². The molecule has 0 atom stereocenters. The lowest BCUT2D eigenvalue weighted by molar-refractivity contribution is -0.119. The molecule has 3 rings (SSSR count). The van der Waals surface area contributed by atoms with Crippen LogP contribution in [0.25, 0.3) is 10.9 Å².